The van der Waals surface area contributed by atoms with E-state index in [9.17, 15) is 4.79 Å². The van der Waals surface area contributed by atoms with Crippen LogP contribution in [0.5, 0.6) is 0 Å². The minimum Gasteiger partial charge on any atom is -0.385 e. The van der Waals surface area contributed by atoms with Gasteiger partial charge < -0.3 is 14.4 Å². The molecule has 3 rings (SSSR count). The maximum absolute atomic E-state index is 12.3. The molecule has 2 fully saturated rings. The normalized spacial score (nSPS) is 23.9. The number of carbonyl (C=O) groups is 1. The van der Waals surface area contributed by atoms with Crippen molar-refractivity contribution in [3.63, 3.8) is 0 Å². The Morgan fingerprint density at radius 2 is 2.15 bits per heavy atom. The highest BCUT2D eigenvalue weighted by Crippen LogP contribution is 2.42. The second-order valence-electron chi connectivity index (χ2n) is 5.71. The van der Waals surface area contributed by atoms with Gasteiger partial charge in [-0.05, 0) is 30.9 Å². The maximum Gasteiger partial charge on any atom is 0.254 e. The van der Waals surface area contributed by atoms with Crippen molar-refractivity contribution in [2.24, 2.45) is 5.92 Å². The van der Waals surface area contributed by atoms with Gasteiger partial charge in [0, 0.05) is 25.9 Å². The first-order valence-corrected chi connectivity index (χ1v) is 7.22. The van der Waals surface area contributed by atoms with E-state index in [1.165, 1.54) is 0 Å². The number of amides is 1. The van der Waals surface area contributed by atoms with Crippen LogP contribution in [0.4, 0.5) is 0 Å². The summed E-state index contributed by atoms with van der Waals surface area (Å²) in [6.45, 7) is 3.01. The van der Waals surface area contributed by atoms with Crippen LogP contribution in [0, 0.1) is 5.92 Å². The Hall–Kier alpha value is -1.39. The molecule has 0 saturated carbocycles. The van der Waals surface area contributed by atoms with E-state index in [0.717, 1.165) is 44.7 Å². The number of rotatable bonds is 4. The maximum atomic E-state index is 12.3. The zero-order chi connectivity index (χ0) is 14.0. The summed E-state index contributed by atoms with van der Waals surface area (Å²) in [5.74, 6) is 0.625. The van der Waals surface area contributed by atoms with Crippen LogP contribution in [0.1, 0.15) is 23.2 Å². The van der Waals surface area contributed by atoms with Crippen molar-refractivity contribution in [3.8, 4) is 0 Å². The van der Waals surface area contributed by atoms with Crippen LogP contribution in [0.15, 0.2) is 30.3 Å². The van der Waals surface area contributed by atoms with Crippen LogP contribution in [0.2, 0.25) is 0 Å². The van der Waals surface area contributed by atoms with Gasteiger partial charge in [0.05, 0.1) is 13.1 Å². The Bertz CT molecular complexity index is 468. The lowest BCUT2D eigenvalue weighted by molar-refractivity contribution is -0.120. The molecule has 0 radical (unpaired) electrons. The molecule has 2 aliphatic heterocycles. The number of nitrogens with zero attached hydrogens (tertiary/aromatic N) is 1. The van der Waals surface area contributed by atoms with E-state index in [4.69, 9.17) is 9.47 Å². The topological polar surface area (TPSA) is 38.8 Å². The average Bonchev–Trinajstić information content (AvgIpc) is 2.87. The molecule has 1 amide bonds. The smallest absolute Gasteiger partial charge is 0.254 e. The lowest BCUT2D eigenvalue weighted by Gasteiger charge is -2.50. The van der Waals surface area contributed by atoms with Gasteiger partial charge in [0.2, 0.25) is 0 Å². The molecule has 108 valence electrons. The van der Waals surface area contributed by atoms with Crippen LogP contribution in [0.25, 0.3) is 0 Å². The first-order valence-electron chi connectivity index (χ1n) is 7.22. The molecule has 0 unspecified atom stereocenters. The molecule has 4 heteroatoms. The molecule has 1 spiro atoms. The minimum atomic E-state index is -0.108. The zero-order valence-corrected chi connectivity index (χ0v) is 11.9. The second-order valence-corrected chi connectivity index (χ2v) is 5.71. The molecule has 0 bridgehead atoms. The standard InChI is InChI=1S/C16H21NO3/c1-19-9-7-14-8-10-20-16(14)11-17(12-16)15(18)13-5-3-2-4-6-13/h2-6,14H,7-12H2,1H3/t14-/m1/s1. The van der Waals surface area contributed by atoms with Gasteiger partial charge in [-0.3, -0.25) is 4.79 Å². The fourth-order valence-electron chi connectivity index (χ4n) is 3.31. The third-order valence-electron chi connectivity index (χ3n) is 4.50. The number of ether oxygens (including phenoxy) is 2. The van der Waals surface area contributed by atoms with Crippen LogP contribution in [0.3, 0.4) is 0 Å². The number of likely N-dealkylation sites (tertiary alicyclic amines) is 1. The Morgan fingerprint density at radius 1 is 1.40 bits per heavy atom. The van der Waals surface area contributed by atoms with Crippen molar-refractivity contribution in [2.75, 3.05) is 33.4 Å². The Balaban J connectivity index is 1.61. The van der Waals surface area contributed by atoms with E-state index in [1.807, 2.05) is 35.2 Å². The van der Waals surface area contributed by atoms with Crippen LogP contribution in [-0.4, -0.2) is 49.8 Å². The summed E-state index contributed by atoms with van der Waals surface area (Å²) in [5, 5.41) is 0. The van der Waals surface area contributed by atoms with Gasteiger partial charge >= 0.3 is 0 Å². The highest BCUT2D eigenvalue weighted by Gasteiger charge is 2.54. The highest BCUT2D eigenvalue weighted by atomic mass is 16.5. The number of methoxy groups -OCH3 is 1. The number of benzene rings is 1. The lowest BCUT2D eigenvalue weighted by Crippen LogP contribution is -2.66. The van der Waals surface area contributed by atoms with Gasteiger partial charge in [-0.15, -0.1) is 0 Å². The largest absolute Gasteiger partial charge is 0.385 e. The van der Waals surface area contributed by atoms with Crippen molar-refractivity contribution in [1.82, 2.24) is 4.90 Å². The minimum absolute atomic E-state index is 0.108. The number of hydrogen-bond acceptors (Lipinski definition) is 3. The van der Waals surface area contributed by atoms with E-state index in [1.54, 1.807) is 7.11 Å². The van der Waals surface area contributed by atoms with Crippen LogP contribution >= 0.6 is 0 Å². The zero-order valence-electron chi connectivity index (χ0n) is 11.9. The molecule has 2 aliphatic rings. The molecule has 20 heavy (non-hydrogen) atoms. The van der Waals surface area contributed by atoms with E-state index >= 15 is 0 Å². The third kappa shape index (κ3) is 2.34. The van der Waals surface area contributed by atoms with Crippen molar-refractivity contribution in [3.05, 3.63) is 35.9 Å². The average molecular weight is 275 g/mol. The molecule has 1 atom stereocenters. The summed E-state index contributed by atoms with van der Waals surface area (Å²) < 4.78 is 11.1. The molecular weight excluding hydrogens is 254 g/mol. The van der Waals surface area contributed by atoms with Gasteiger partial charge in [-0.1, -0.05) is 18.2 Å². The SMILES string of the molecule is COCC[C@@H]1CCOC12CN(C(=O)c1ccccc1)C2. The van der Waals surface area contributed by atoms with Crippen molar-refractivity contribution < 1.29 is 14.3 Å². The number of hydrogen-bond donors (Lipinski definition) is 0. The van der Waals surface area contributed by atoms with Gasteiger partial charge in [0.25, 0.3) is 5.91 Å². The molecule has 0 aromatic heterocycles. The molecular formula is C16H21NO3. The monoisotopic (exact) mass is 275 g/mol. The van der Waals surface area contributed by atoms with Crippen molar-refractivity contribution >= 4 is 5.91 Å². The predicted octanol–water partition coefficient (Wildman–Crippen LogP) is 1.95. The van der Waals surface area contributed by atoms with Gasteiger partial charge in [-0.25, -0.2) is 0 Å². The van der Waals surface area contributed by atoms with Gasteiger partial charge in [-0.2, -0.15) is 0 Å². The van der Waals surface area contributed by atoms with Gasteiger partial charge in [0.1, 0.15) is 5.60 Å². The summed E-state index contributed by atoms with van der Waals surface area (Å²) in [7, 11) is 1.73. The van der Waals surface area contributed by atoms with Crippen molar-refractivity contribution in [2.45, 2.75) is 18.4 Å². The first-order chi connectivity index (χ1) is 9.75. The Labute approximate surface area is 119 Å². The van der Waals surface area contributed by atoms with Crippen molar-refractivity contribution in [1.29, 1.82) is 0 Å². The van der Waals surface area contributed by atoms with Gasteiger partial charge in [0.15, 0.2) is 0 Å². The summed E-state index contributed by atoms with van der Waals surface area (Å²) in [6, 6.07) is 9.46. The summed E-state index contributed by atoms with van der Waals surface area (Å²) in [4.78, 5) is 14.2. The third-order valence-corrected chi connectivity index (χ3v) is 4.50. The predicted molar refractivity (Wildman–Crippen MR) is 75.6 cm³/mol. The summed E-state index contributed by atoms with van der Waals surface area (Å²) >= 11 is 0. The molecule has 2 heterocycles. The van der Waals surface area contributed by atoms with E-state index < -0.39 is 0 Å². The summed E-state index contributed by atoms with van der Waals surface area (Å²) in [6.07, 6.45) is 2.10. The summed E-state index contributed by atoms with van der Waals surface area (Å²) in [5.41, 5.74) is 0.650. The number of carbonyl (C=O) groups excluding carboxylic acids is 1. The fraction of sp³-hybridized carbons (Fsp3) is 0.562. The van der Waals surface area contributed by atoms with E-state index in [-0.39, 0.29) is 11.5 Å². The molecule has 4 nitrogen and oxygen atoms in total. The van der Waals surface area contributed by atoms with E-state index in [0.29, 0.717) is 5.92 Å². The Kier molecular flexibility index (Phi) is 3.76. The van der Waals surface area contributed by atoms with Crippen LogP contribution in [-0.2, 0) is 9.47 Å². The molecule has 0 N–H and O–H groups in total. The molecule has 0 aliphatic carbocycles. The molecule has 2 saturated heterocycles. The molecule has 1 aromatic rings. The second kappa shape index (κ2) is 5.54. The molecule has 1 aromatic carbocycles. The fourth-order valence-corrected chi connectivity index (χ4v) is 3.31. The highest BCUT2D eigenvalue weighted by molar-refractivity contribution is 5.94. The quantitative estimate of drug-likeness (QED) is 0.843. The lowest BCUT2D eigenvalue weighted by atomic mass is 9.79. The first kappa shape index (κ1) is 13.6. The van der Waals surface area contributed by atoms with Crippen LogP contribution < -0.4 is 0 Å². The Morgan fingerprint density at radius 3 is 2.85 bits per heavy atom. The van der Waals surface area contributed by atoms with E-state index in [2.05, 4.69) is 0 Å².